The third-order valence-electron chi connectivity index (χ3n) is 5.52. The van der Waals surface area contributed by atoms with Crippen LogP contribution in [0.5, 0.6) is 0 Å². The highest BCUT2D eigenvalue weighted by Crippen LogP contribution is 2.22. The van der Waals surface area contributed by atoms with Crippen molar-refractivity contribution in [2.24, 2.45) is 5.92 Å². The van der Waals surface area contributed by atoms with Crippen LogP contribution < -0.4 is 15.8 Å². The van der Waals surface area contributed by atoms with Crippen LogP contribution in [0.15, 0.2) is 47.4 Å². The third-order valence-corrected chi connectivity index (χ3v) is 5.76. The Labute approximate surface area is 179 Å². The lowest BCUT2D eigenvalue weighted by atomic mass is 9.96. The van der Waals surface area contributed by atoms with E-state index in [4.69, 9.17) is 11.6 Å². The third kappa shape index (κ3) is 4.16. The molecule has 0 unspecified atom stereocenters. The van der Waals surface area contributed by atoms with Crippen molar-refractivity contribution in [3.05, 3.63) is 63.5 Å². The average Bonchev–Trinajstić information content (AvgIpc) is 2.77. The Bertz CT molecular complexity index is 1120. The molecule has 2 aromatic heterocycles. The summed E-state index contributed by atoms with van der Waals surface area (Å²) in [5.74, 6) is 0.405. The molecular formula is C22H24ClN5O2. The molecular weight excluding hydrogens is 402 g/mol. The number of aromatic nitrogens is 3. The van der Waals surface area contributed by atoms with Crippen LogP contribution in [0.2, 0.25) is 5.02 Å². The monoisotopic (exact) mass is 425 g/mol. The predicted octanol–water partition coefficient (Wildman–Crippen LogP) is 3.00. The lowest BCUT2D eigenvalue weighted by Gasteiger charge is -2.32. The Morgan fingerprint density at radius 1 is 1.23 bits per heavy atom. The Morgan fingerprint density at radius 3 is 2.77 bits per heavy atom. The van der Waals surface area contributed by atoms with E-state index in [1.165, 1.54) is 0 Å². The molecule has 0 bridgehead atoms. The van der Waals surface area contributed by atoms with Gasteiger partial charge in [0.2, 0.25) is 5.91 Å². The smallest absolute Gasteiger partial charge is 0.295 e. The molecule has 1 N–H and O–H groups in total. The van der Waals surface area contributed by atoms with Gasteiger partial charge < -0.3 is 10.2 Å². The number of halogens is 1. The van der Waals surface area contributed by atoms with E-state index in [0.29, 0.717) is 61.0 Å². The van der Waals surface area contributed by atoms with Crippen molar-refractivity contribution in [2.45, 2.75) is 32.9 Å². The van der Waals surface area contributed by atoms with Crippen LogP contribution in [0.3, 0.4) is 0 Å². The summed E-state index contributed by atoms with van der Waals surface area (Å²) in [6.07, 6.45) is 3.03. The molecule has 7 nitrogen and oxygen atoms in total. The van der Waals surface area contributed by atoms with Gasteiger partial charge in [0, 0.05) is 43.3 Å². The van der Waals surface area contributed by atoms with Crippen molar-refractivity contribution in [1.29, 1.82) is 0 Å². The van der Waals surface area contributed by atoms with Crippen LogP contribution >= 0.6 is 11.6 Å². The summed E-state index contributed by atoms with van der Waals surface area (Å²) in [6.45, 7) is 4.15. The highest BCUT2D eigenvalue weighted by Gasteiger charge is 2.27. The zero-order chi connectivity index (χ0) is 21.1. The number of hydrogen-bond donors (Lipinski definition) is 1. The van der Waals surface area contributed by atoms with Crippen LogP contribution in [0.25, 0.3) is 11.2 Å². The van der Waals surface area contributed by atoms with E-state index in [1.807, 2.05) is 48.2 Å². The van der Waals surface area contributed by atoms with Crippen molar-refractivity contribution in [3.8, 4) is 0 Å². The van der Waals surface area contributed by atoms with Gasteiger partial charge in [-0.05, 0) is 49.6 Å². The summed E-state index contributed by atoms with van der Waals surface area (Å²) in [4.78, 5) is 36.4. The van der Waals surface area contributed by atoms with Gasteiger partial charge in [-0.2, -0.15) is 0 Å². The summed E-state index contributed by atoms with van der Waals surface area (Å²) >= 11 is 6.00. The molecule has 30 heavy (non-hydrogen) atoms. The first-order valence-corrected chi connectivity index (χ1v) is 10.6. The molecule has 3 aromatic rings. The maximum Gasteiger partial charge on any atom is 0.295 e. The van der Waals surface area contributed by atoms with Crippen molar-refractivity contribution in [1.82, 2.24) is 19.9 Å². The van der Waals surface area contributed by atoms with Gasteiger partial charge in [-0.3, -0.25) is 14.2 Å². The van der Waals surface area contributed by atoms with Gasteiger partial charge in [0.1, 0.15) is 5.52 Å². The van der Waals surface area contributed by atoms with E-state index in [9.17, 15) is 9.59 Å². The van der Waals surface area contributed by atoms with Gasteiger partial charge in [0.05, 0.1) is 0 Å². The second-order valence-corrected chi connectivity index (χ2v) is 7.88. The van der Waals surface area contributed by atoms with Crippen molar-refractivity contribution >= 4 is 34.5 Å². The zero-order valence-corrected chi connectivity index (χ0v) is 17.6. The summed E-state index contributed by atoms with van der Waals surface area (Å²) in [5.41, 5.74) is 2.15. The standard InChI is InChI=1S/C22H24ClN5O2/c1-2-28-19-18(7-4-10-24-19)26-20(22(28)30)27-11-8-16(9-12-27)21(29)25-14-15-5-3-6-17(23)13-15/h3-7,10,13,16H,2,8-9,11-12,14H2,1H3,(H,25,29). The van der Waals surface area contributed by atoms with Crippen LogP contribution in [0, 0.1) is 5.92 Å². The number of benzene rings is 1. The molecule has 1 fully saturated rings. The maximum absolute atomic E-state index is 12.9. The van der Waals surface area contributed by atoms with Gasteiger partial charge in [-0.15, -0.1) is 0 Å². The summed E-state index contributed by atoms with van der Waals surface area (Å²) in [6, 6.07) is 11.2. The number of fused-ring (bicyclic) bond motifs is 1. The molecule has 0 atom stereocenters. The SMILES string of the molecule is CCn1c(=O)c(N2CCC(C(=O)NCc3cccc(Cl)c3)CC2)nc2cccnc21. The number of aryl methyl sites for hydroxylation is 1. The first-order chi connectivity index (χ1) is 14.6. The number of carbonyl (C=O) groups is 1. The number of carbonyl (C=O) groups excluding carboxylic acids is 1. The van der Waals surface area contributed by atoms with Crippen molar-refractivity contribution in [2.75, 3.05) is 18.0 Å². The number of piperidine rings is 1. The minimum absolute atomic E-state index is 0.0382. The average molecular weight is 426 g/mol. The van der Waals surface area contributed by atoms with Gasteiger partial charge in [-0.1, -0.05) is 23.7 Å². The molecule has 1 aromatic carbocycles. The number of pyridine rings is 1. The fraction of sp³-hybridized carbons (Fsp3) is 0.364. The highest BCUT2D eigenvalue weighted by molar-refractivity contribution is 6.30. The molecule has 4 rings (SSSR count). The van der Waals surface area contributed by atoms with Crippen molar-refractivity contribution < 1.29 is 4.79 Å². The number of amides is 1. The topological polar surface area (TPSA) is 80.1 Å². The molecule has 1 saturated heterocycles. The lowest BCUT2D eigenvalue weighted by molar-refractivity contribution is -0.125. The zero-order valence-electron chi connectivity index (χ0n) is 16.8. The number of anilines is 1. The molecule has 0 saturated carbocycles. The van der Waals surface area contributed by atoms with Gasteiger partial charge in [0.25, 0.3) is 5.56 Å². The minimum Gasteiger partial charge on any atom is -0.352 e. The van der Waals surface area contributed by atoms with E-state index in [1.54, 1.807) is 10.8 Å². The largest absolute Gasteiger partial charge is 0.352 e. The predicted molar refractivity (Wildman–Crippen MR) is 118 cm³/mol. The highest BCUT2D eigenvalue weighted by atomic mass is 35.5. The maximum atomic E-state index is 12.9. The van der Waals surface area contributed by atoms with E-state index in [0.717, 1.165) is 5.56 Å². The molecule has 0 radical (unpaired) electrons. The van der Waals surface area contributed by atoms with Gasteiger partial charge in [-0.25, -0.2) is 9.97 Å². The molecule has 0 spiro atoms. The second-order valence-electron chi connectivity index (χ2n) is 7.44. The molecule has 1 amide bonds. The molecule has 1 aliphatic rings. The number of nitrogens with zero attached hydrogens (tertiary/aromatic N) is 4. The second kappa shape index (κ2) is 8.83. The van der Waals surface area contributed by atoms with Crippen LogP contribution in [0.4, 0.5) is 5.82 Å². The first-order valence-electron chi connectivity index (χ1n) is 10.2. The first kappa shape index (κ1) is 20.3. The van der Waals surface area contributed by atoms with Gasteiger partial charge in [0.15, 0.2) is 11.5 Å². The lowest BCUT2D eigenvalue weighted by Crippen LogP contribution is -2.43. The summed E-state index contributed by atoms with van der Waals surface area (Å²) in [5, 5.41) is 3.66. The van der Waals surface area contributed by atoms with E-state index in [-0.39, 0.29) is 17.4 Å². The normalized spacial score (nSPS) is 14.8. The molecule has 8 heteroatoms. The van der Waals surface area contributed by atoms with Crippen LogP contribution in [-0.4, -0.2) is 33.5 Å². The fourth-order valence-electron chi connectivity index (χ4n) is 3.90. The molecule has 1 aliphatic heterocycles. The minimum atomic E-state index is -0.132. The quantitative estimate of drug-likeness (QED) is 0.679. The van der Waals surface area contributed by atoms with Crippen LogP contribution in [-0.2, 0) is 17.9 Å². The van der Waals surface area contributed by atoms with E-state index in [2.05, 4.69) is 15.3 Å². The number of hydrogen-bond acceptors (Lipinski definition) is 5. The molecule has 156 valence electrons. The van der Waals surface area contributed by atoms with Gasteiger partial charge >= 0.3 is 0 Å². The summed E-state index contributed by atoms with van der Waals surface area (Å²) in [7, 11) is 0. The fourth-order valence-corrected chi connectivity index (χ4v) is 4.11. The van der Waals surface area contributed by atoms with Crippen LogP contribution in [0.1, 0.15) is 25.3 Å². The Balaban J connectivity index is 1.42. The summed E-state index contributed by atoms with van der Waals surface area (Å²) < 4.78 is 1.65. The molecule has 0 aliphatic carbocycles. The van der Waals surface area contributed by atoms with Crippen molar-refractivity contribution in [3.63, 3.8) is 0 Å². The molecule has 3 heterocycles. The Morgan fingerprint density at radius 2 is 2.03 bits per heavy atom. The number of rotatable bonds is 5. The van der Waals surface area contributed by atoms with E-state index < -0.39 is 0 Å². The Hall–Kier alpha value is -2.93. The number of nitrogens with one attached hydrogen (secondary N) is 1. The Kier molecular flexibility index (Phi) is 5.99. The van der Waals surface area contributed by atoms with E-state index >= 15 is 0 Å².